The minimum absolute atomic E-state index is 0.000240. The smallest absolute Gasteiger partial charge is 0.394 e. The highest BCUT2D eigenvalue weighted by Crippen LogP contribution is 2.42. The molecule has 0 bridgehead atoms. The molecule has 1 amide bonds. The molecule has 3 rings (SSSR count). The second-order valence-corrected chi connectivity index (χ2v) is 13.3. The molecule has 0 radical (unpaired) electrons. The monoisotopic (exact) mass is 614 g/mol. The maximum absolute atomic E-state index is 13.4. The Kier molecular flexibility index (Phi) is 9.75. The fraction of sp³-hybridized carbons (Fsp3) is 0.640. The van der Waals surface area contributed by atoms with Gasteiger partial charge < -0.3 is 10.1 Å². The van der Waals surface area contributed by atoms with Crippen molar-refractivity contribution in [3.8, 4) is 17.1 Å². The first-order valence-corrected chi connectivity index (χ1v) is 15.0. The minimum Gasteiger partial charge on any atom is -0.432 e. The van der Waals surface area contributed by atoms with E-state index >= 15 is 0 Å². The maximum atomic E-state index is 13.4. The van der Waals surface area contributed by atoms with Crippen molar-refractivity contribution in [1.82, 2.24) is 20.1 Å². The Labute approximate surface area is 234 Å². The maximum Gasteiger partial charge on any atom is 0.394 e. The van der Waals surface area contributed by atoms with Crippen LogP contribution in [0, 0.1) is 11.3 Å². The summed E-state index contributed by atoms with van der Waals surface area (Å²) in [5.74, 6) is -1.06. The van der Waals surface area contributed by atoms with Crippen LogP contribution < -0.4 is 10.1 Å². The molecule has 0 atom stereocenters. The van der Waals surface area contributed by atoms with E-state index in [2.05, 4.69) is 20.1 Å². The van der Waals surface area contributed by atoms with Crippen LogP contribution in [0.2, 0.25) is 5.02 Å². The van der Waals surface area contributed by atoms with Gasteiger partial charge in [0.25, 0.3) is 5.91 Å². The van der Waals surface area contributed by atoms with E-state index in [0.29, 0.717) is 25.7 Å². The third-order valence-corrected chi connectivity index (χ3v) is 9.16. The van der Waals surface area contributed by atoms with Crippen molar-refractivity contribution in [2.75, 3.05) is 12.8 Å². The largest absolute Gasteiger partial charge is 0.432 e. The molecular weight excluding hydrogens is 583 g/mol. The molecule has 1 saturated carbocycles. The molecule has 0 saturated heterocycles. The number of hydrogen-bond donors (Lipinski definition) is 1. The van der Waals surface area contributed by atoms with Crippen LogP contribution in [0.5, 0.6) is 5.75 Å². The lowest BCUT2D eigenvalue weighted by molar-refractivity contribution is -0.211. The highest BCUT2D eigenvalue weighted by molar-refractivity contribution is 7.91. The number of aromatic nitrogens is 3. The number of halogens is 6. The first-order valence-electron chi connectivity index (χ1n) is 12.7. The summed E-state index contributed by atoms with van der Waals surface area (Å²) in [5, 5.41) is 6.38. The second kappa shape index (κ2) is 12.2. The number of pyridine rings is 1. The molecule has 2 heterocycles. The van der Waals surface area contributed by atoms with Crippen molar-refractivity contribution in [2.45, 2.75) is 77.5 Å². The zero-order valence-electron chi connectivity index (χ0n) is 22.5. The number of carbonyl (C=O) groups is 1. The number of amides is 1. The molecule has 1 aliphatic rings. The Morgan fingerprint density at radius 3 is 2.38 bits per heavy atom. The van der Waals surface area contributed by atoms with Gasteiger partial charge in [0.1, 0.15) is 26.2 Å². The van der Waals surface area contributed by atoms with E-state index < -0.39 is 46.1 Å². The van der Waals surface area contributed by atoms with E-state index in [1.165, 1.54) is 10.9 Å². The van der Waals surface area contributed by atoms with Crippen LogP contribution in [-0.4, -0.2) is 59.9 Å². The molecule has 40 heavy (non-hydrogen) atoms. The van der Waals surface area contributed by atoms with Crippen molar-refractivity contribution >= 4 is 27.3 Å². The molecule has 0 spiro atoms. The fourth-order valence-electron chi connectivity index (χ4n) is 4.68. The Bertz CT molecular complexity index is 1320. The molecule has 224 valence electrons. The number of alkyl halides is 5. The number of nitrogens with zero attached hydrogens (tertiary/aromatic N) is 3. The van der Waals surface area contributed by atoms with Gasteiger partial charge in [-0.1, -0.05) is 25.4 Å². The van der Waals surface area contributed by atoms with Crippen LogP contribution in [0.4, 0.5) is 22.0 Å². The third-order valence-electron chi connectivity index (χ3n) is 7.12. The van der Waals surface area contributed by atoms with Crippen LogP contribution in [-0.2, 0) is 22.8 Å². The summed E-state index contributed by atoms with van der Waals surface area (Å²) in [4.78, 5) is 17.1. The van der Waals surface area contributed by atoms with Crippen molar-refractivity contribution < 1.29 is 39.9 Å². The van der Waals surface area contributed by atoms with Gasteiger partial charge in [-0.3, -0.25) is 14.5 Å². The Morgan fingerprint density at radius 2 is 1.85 bits per heavy atom. The summed E-state index contributed by atoms with van der Waals surface area (Å²) in [7, 11) is -3.12. The number of hydrogen-bond acceptors (Lipinski definition) is 6. The molecule has 0 unspecified atom stereocenters. The average Bonchev–Trinajstić information content (AvgIpc) is 3.17. The number of rotatable bonds is 10. The minimum atomic E-state index is -4.55. The summed E-state index contributed by atoms with van der Waals surface area (Å²) in [5.41, 5.74) is -2.53. The Balaban J connectivity index is 1.86. The van der Waals surface area contributed by atoms with Gasteiger partial charge in [-0.15, -0.1) is 0 Å². The highest BCUT2D eigenvalue weighted by Gasteiger charge is 2.47. The van der Waals surface area contributed by atoms with Gasteiger partial charge in [-0.25, -0.2) is 8.42 Å². The molecule has 2 aromatic rings. The highest BCUT2D eigenvalue weighted by atomic mass is 35.5. The lowest BCUT2D eigenvalue weighted by atomic mass is 9.85. The molecular formula is C25H32ClF5N4O4S. The molecule has 1 N–H and O–H groups in total. The Morgan fingerprint density at radius 1 is 1.23 bits per heavy atom. The first kappa shape index (κ1) is 32.0. The number of carbonyl (C=O) groups excluding carboxylic acids is 1. The standard InChI is InChI=1S/C25H32ClF5N4O4S/c1-5-35-21(19-17(39-23(27)28)10-15(13-32-19)11-24(2,3)25(29,30)31)18(26)20(34-35)22(36)33-12-14-6-8-16(9-7-14)40(4,37)38/h10,13-14,16,23H,5-9,11-12H2,1-4H3,(H,33,36)/t14-,16-. The van der Waals surface area contributed by atoms with E-state index in [1.807, 2.05) is 0 Å². The van der Waals surface area contributed by atoms with Crippen LogP contribution in [0.3, 0.4) is 0 Å². The summed E-state index contributed by atoms with van der Waals surface area (Å²) in [6.07, 6.45) is -0.498. The number of aryl methyl sites for hydroxylation is 1. The lowest BCUT2D eigenvalue weighted by Crippen LogP contribution is -2.34. The van der Waals surface area contributed by atoms with E-state index in [4.69, 9.17) is 11.6 Å². The summed E-state index contributed by atoms with van der Waals surface area (Å²) < 4.78 is 96.1. The van der Waals surface area contributed by atoms with E-state index in [0.717, 1.165) is 26.1 Å². The SMILES string of the molecule is CCn1nc(C(=O)NC[C@H]2CC[C@H](S(C)(=O)=O)CC2)c(Cl)c1-c1ncc(CC(C)(C)C(F)(F)F)cc1OC(F)F. The predicted molar refractivity (Wildman–Crippen MR) is 139 cm³/mol. The fourth-order valence-corrected chi connectivity index (χ4v) is 6.12. The topological polar surface area (TPSA) is 103 Å². The summed E-state index contributed by atoms with van der Waals surface area (Å²) >= 11 is 6.50. The quantitative estimate of drug-likeness (QED) is 0.345. The number of sulfone groups is 1. The zero-order valence-corrected chi connectivity index (χ0v) is 24.1. The summed E-state index contributed by atoms with van der Waals surface area (Å²) in [6.45, 7) is 0.768. The van der Waals surface area contributed by atoms with Gasteiger partial charge in [0.05, 0.1) is 10.7 Å². The molecule has 0 aromatic carbocycles. The lowest BCUT2D eigenvalue weighted by Gasteiger charge is -2.27. The molecule has 1 aliphatic carbocycles. The van der Waals surface area contributed by atoms with Crippen LogP contribution in [0.25, 0.3) is 11.4 Å². The van der Waals surface area contributed by atoms with Crippen LogP contribution in [0.15, 0.2) is 12.3 Å². The Hall–Kier alpha value is -2.48. The van der Waals surface area contributed by atoms with Gasteiger partial charge in [-0.2, -0.15) is 27.1 Å². The number of ether oxygens (including phenoxy) is 1. The predicted octanol–water partition coefficient (Wildman–Crippen LogP) is 5.68. The van der Waals surface area contributed by atoms with Gasteiger partial charge in [0, 0.05) is 25.5 Å². The van der Waals surface area contributed by atoms with Crippen molar-refractivity contribution in [2.24, 2.45) is 11.3 Å². The molecule has 8 nitrogen and oxygen atoms in total. The van der Waals surface area contributed by atoms with Crippen molar-refractivity contribution in [1.29, 1.82) is 0 Å². The zero-order chi connectivity index (χ0) is 30.0. The van der Waals surface area contributed by atoms with E-state index in [1.54, 1.807) is 6.92 Å². The van der Waals surface area contributed by atoms with E-state index in [9.17, 15) is 35.2 Å². The van der Waals surface area contributed by atoms with Gasteiger partial charge in [-0.05, 0) is 56.6 Å². The second-order valence-electron chi connectivity index (χ2n) is 10.6. The van der Waals surface area contributed by atoms with Crippen LogP contribution in [0.1, 0.15) is 62.5 Å². The molecule has 0 aliphatic heterocycles. The normalized spacial score (nSPS) is 18.7. The van der Waals surface area contributed by atoms with E-state index in [-0.39, 0.29) is 51.9 Å². The van der Waals surface area contributed by atoms with Crippen molar-refractivity contribution in [3.63, 3.8) is 0 Å². The van der Waals surface area contributed by atoms with Gasteiger partial charge in [0.15, 0.2) is 11.4 Å². The molecule has 1 fully saturated rings. The van der Waals surface area contributed by atoms with Crippen LogP contribution >= 0.6 is 11.6 Å². The number of nitrogens with one attached hydrogen (secondary N) is 1. The molecule has 15 heteroatoms. The third kappa shape index (κ3) is 7.42. The van der Waals surface area contributed by atoms with Gasteiger partial charge in [0.2, 0.25) is 0 Å². The van der Waals surface area contributed by atoms with Gasteiger partial charge >= 0.3 is 12.8 Å². The first-order chi connectivity index (χ1) is 18.4. The summed E-state index contributed by atoms with van der Waals surface area (Å²) in [6, 6.07) is 1.05. The van der Waals surface area contributed by atoms with Crippen molar-refractivity contribution in [3.05, 3.63) is 28.5 Å². The average molecular weight is 615 g/mol. The molecule has 2 aromatic heterocycles.